The highest BCUT2D eigenvalue weighted by Crippen LogP contribution is 2.39. The highest BCUT2D eigenvalue weighted by atomic mass is 35.5. The minimum absolute atomic E-state index is 0. The Hall–Kier alpha value is -2.72. The molecule has 1 amide bonds. The van der Waals surface area contributed by atoms with Crippen LogP contribution < -0.4 is 16.4 Å². The Morgan fingerprint density at radius 2 is 1.62 bits per heavy atom. The summed E-state index contributed by atoms with van der Waals surface area (Å²) < 4.78 is 27.9. The lowest BCUT2D eigenvalue weighted by Crippen LogP contribution is -2.40. The van der Waals surface area contributed by atoms with Gasteiger partial charge in [-0.2, -0.15) is 0 Å². The van der Waals surface area contributed by atoms with Crippen LogP contribution in [0, 0.1) is 11.6 Å². The molecule has 182 valence electrons. The number of allylic oxidation sites excluding steroid dienone is 1. The standard InChI is InChI=1S/C23H23F2N5O2.2ClH/c24-13-1-3-18-16(11-13)20(23(31)28-18)22-21(17-12-14(25)2-4-19(17)27-22)29-32-10-9-30-7-5-15(26)6-8-30;;/h1-4,11-12,15,27H,5-10,26H2,(H,28,31);2*1H/b22-20-,29-21+;;. The van der Waals surface area contributed by atoms with Crippen LogP contribution >= 0.6 is 24.8 Å². The molecule has 0 aromatic heterocycles. The van der Waals surface area contributed by atoms with Gasteiger partial charge in [-0.1, -0.05) is 5.16 Å². The SMILES string of the molecule is Cl.Cl.NC1CCN(CCO/N=C2/C(=C3/C(=O)Nc4ccc(F)cc43)Nc3ccc(F)cc32)CC1. The second kappa shape index (κ2) is 10.7. The molecule has 0 radical (unpaired) electrons. The molecule has 7 nitrogen and oxygen atoms in total. The monoisotopic (exact) mass is 511 g/mol. The van der Waals surface area contributed by atoms with Crippen LogP contribution in [0.5, 0.6) is 0 Å². The van der Waals surface area contributed by atoms with E-state index in [1.165, 1.54) is 30.3 Å². The molecule has 0 bridgehead atoms. The number of benzene rings is 2. The van der Waals surface area contributed by atoms with Gasteiger partial charge in [-0.05, 0) is 62.3 Å². The fourth-order valence-electron chi connectivity index (χ4n) is 4.27. The van der Waals surface area contributed by atoms with Gasteiger partial charge >= 0.3 is 0 Å². The van der Waals surface area contributed by atoms with Gasteiger partial charge in [0.15, 0.2) is 0 Å². The van der Waals surface area contributed by atoms with Crippen molar-refractivity contribution in [2.75, 3.05) is 36.9 Å². The average Bonchev–Trinajstić information content (AvgIpc) is 3.28. The molecule has 0 aliphatic carbocycles. The van der Waals surface area contributed by atoms with Gasteiger partial charge < -0.3 is 21.2 Å². The lowest BCUT2D eigenvalue weighted by Gasteiger charge is -2.29. The van der Waals surface area contributed by atoms with Crippen LogP contribution in [0.1, 0.15) is 24.0 Å². The van der Waals surface area contributed by atoms with Crippen LogP contribution in [0.2, 0.25) is 0 Å². The Balaban J connectivity index is 0.00000162. The molecule has 0 spiro atoms. The molecule has 0 atom stereocenters. The summed E-state index contributed by atoms with van der Waals surface area (Å²) >= 11 is 0. The number of nitrogens with two attached hydrogens (primary N) is 1. The molecule has 1 fully saturated rings. The maximum atomic E-state index is 14.0. The summed E-state index contributed by atoms with van der Waals surface area (Å²) in [5.74, 6) is -1.29. The molecule has 3 heterocycles. The predicted octanol–water partition coefficient (Wildman–Crippen LogP) is 3.74. The first-order chi connectivity index (χ1) is 15.5. The third-order valence-electron chi connectivity index (χ3n) is 6.00. The van der Waals surface area contributed by atoms with E-state index < -0.39 is 17.5 Å². The molecule has 0 saturated carbocycles. The summed E-state index contributed by atoms with van der Waals surface area (Å²) in [5, 5.41) is 10.1. The predicted molar refractivity (Wildman–Crippen MR) is 133 cm³/mol. The Kier molecular flexibility index (Phi) is 8.14. The van der Waals surface area contributed by atoms with Crippen molar-refractivity contribution in [3.8, 4) is 0 Å². The van der Waals surface area contributed by atoms with Crippen LogP contribution in [0.3, 0.4) is 0 Å². The van der Waals surface area contributed by atoms with E-state index in [2.05, 4.69) is 20.7 Å². The van der Waals surface area contributed by atoms with Gasteiger partial charge in [0.05, 0.1) is 11.3 Å². The number of amides is 1. The largest absolute Gasteiger partial charge is 0.394 e. The van der Waals surface area contributed by atoms with Crippen molar-refractivity contribution < 1.29 is 18.4 Å². The number of nitrogens with zero attached hydrogens (tertiary/aromatic N) is 2. The molecule has 0 unspecified atom stereocenters. The normalized spacial score (nSPS) is 20.7. The van der Waals surface area contributed by atoms with Crippen molar-refractivity contribution in [2.24, 2.45) is 10.9 Å². The number of fused-ring (bicyclic) bond motifs is 2. The summed E-state index contributed by atoms with van der Waals surface area (Å²) in [7, 11) is 0. The maximum absolute atomic E-state index is 14.0. The quantitative estimate of drug-likeness (QED) is 0.330. The number of carbonyl (C=O) groups excluding carboxylic acids is 1. The summed E-state index contributed by atoms with van der Waals surface area (Å²) in [6, 6.07) is 8.57. The highest BCUT2D eigenvalue weighted by molar-refractivity contribution is 6.39. The van der Waals surface area contributed by atoms with E-state index in [4.69, 9.17) is 10.6 Å². The number of anilines is 2. The van der Waals surface area contributed by atoms with Crippen LogP contribution in [0.4, 0.5) is 20.2 Å². The first-order valence-corrected chi connectivity index (χ1v) is 10.6. The minimum Gasteiger partial charge on any atom is -0.394 e. The van der Waals surface area contributed by atoms with Gasteiger partial charge in [0.1, 0.15) is 24.0 Å². The second-order valence-electron chi connectivity index (χ2n) is 8.16. The number of likely N-dealkylation sites (tertiary alicyclic amines) is 1. The van der Waals surface area contributed by atoms with Crippen LogP contribution in [-0.4, -0.2) is 48.8 Å². The lowest BCUT2D eigenvalue weighted by molar-refractivity contribution is -0.110. The molecule has 2 aromatic carbocycles. The number of oxime groups is 1. The molecular weight excluding hydrogens is 487 g/mol. The number of hydrogen-bond acceptors (Lipinski definition) is 6. The van der Waals surface area contributed by atoms with Crippen LogP contribution in [0.25, 0.3) is 5.57 Å². The molecule has 3 aliphatic rings. The van der Waals surface area contributed by atoms with Gasteiger partial charge in [0.25, 0.3) is 5.91 Å². The zero-order chi connectivity index (χ0) is 22.2. The maximum Gasteiger partial charge on any atom is 0.258 e. The highest BCUT2D eigenvalue weighted by Gasteiger charge is 2.35. The zero-order valence-corrected chi connectivity index (χ0v) is 19.8. The van der Waals surface area contributed by atoms with E-state index in [0.717, 1.165) is 25.9 Å². The van der Waals surface area contributed by atoms with Gasteiger partial charge in [-0.3, -0.25) is 9.69 Å². The number of piperidine rings is 1. The fraction of sp³-hybridized carbons (Fsp3) is 0.304. The average molecular weight is 512 g/mol. The molecule has 3 aliphatic heterocycles. The molecule has 4 N–H and O–H groups in total. The van der Waals surface area contributed by atoms with Crippen molar-refractivity contribution in [3.63, 3.8) is 0 Å². The number of rotatable bonds is 4. The molecule has 11 heteroatoms. The number of carbonyl (C=O) groups is 1. The van der Waals surface area contributed by atoms with E-state index >= 15 is 0 Å². The first-order valence-electron chi connectivity index (χ1n) is 10.6. The van der Waals surface area contributed by atoms with Crippen molar-refractivity contribution in [3.05, 3.63) is 64.9 Å². The van der Waals surface area contributed by atoms with E-state index in [9.17, 15) is 13.6 Å². The van der Waals surface area contributed by atoms with Gasteiger partial charge in [-0.25, -0.2) is 8.78 Å². The fourth-order valence-corrected chi connectivity index (χ4v) is 4.27. The van der Waals surface area contributed by atoms with E-state index in [1.54, 1.807) is 6.07 Å². The minimum atomic E-state index is -0.462. The lowest BCUT2D eigenvalue weighted by atomic mass is 10.0. The Morgan fingerprint density at radius 3 is 2.29 bits per heavy atom. The number of nitrogens with one attached hydrogen (secondary N) is 2. The third kappa shape index (κ3) is 5.02. The molecular formula is C23H25Cl2F2N5O2. The van der Waals surface area contributed by atoms with Crippen LogP contribution in [-0.2, 0) is 9.63 Å². The Morgan fingerprint density at radius 1 is 1.00 bits per heavy atom. The van der Waals surface area contributed by atoms with Gasteiger partial charge in [-0.15, -0.1) is 24.8 Å². The zero-order valence-electron chi connectivity index (χ0n) is 18.1. The molecule has 2 aromatic rings. The number of halogens is 4. The summed E-state index contributed by atoms with van der Waals surface area (Å²) in [6.07, 6.45) is 1.90. The summed E-state index contributed by atoms with van der Waals surface area (Å²) in [6.45, 7) is 2.85. The molecule has 5 rings (SSSR count). The van der Waals surface area contributed by atoms with Gasteiger partial charge in [0.2, 0.25) is 0 Å². The second-order valence-corrected chi connectivity index (χ2v) is 8.16. The van der Waals surface area contributed by atoms with Crippen molar-refractivity contribution in [1.82, 2.24) is 4.90 Å². The topological polar surface area (TPSA) is 92.0 Å². The van der Waals surface area contributed by atoms with E-state index in [1.807, 2.05) is 0 Å². The van der Waals surface area contributed by atoms with E-state index in [0.29, 0.717) is 47.1 Å². The van der Waals surface area contributed by atoms with Crippen molar-refractivity contribution in [1.29, 1.82) is 0 Å². The van der Waals surface area contributed by atoms with E-state index in [-0.39, 0.29) is 36.4 Å². The van der Waals surface area contributed by atoms with Crippen molar-refractivity contribution in [2.45, 2.75) is 18.9 Å². The number of hydrogen-bond donors (Lipinski definition) is 3. The molecule has 34 heavy (non-hydrogen) atoms. The summed E-state index contributed by atoms with van der Waals surface area (Å²) in [5.41, 5.74) is 8.85. The Bertz CT molecular complexity index is 1150. The summed E-state index contributed by atoms with van der Waals surface area (Å²) in [4.78, 5) is 20.6. The van der Waals surface area contributed by atoms with Crippen molar-refractivity contribution >= 4 is 53.4 Å². The molecule has 1 saturated heterocycles. The smallest absolute Gasteiger partial charge is 0.258 e. The Labute approximate surface area is 208 Å². The van der Waals surface area contributed by atoms with Gasteiger partial charge in [0, 0.05) is 35.1 Å². The van der Waals surface area contributed by atoms with Crippen LogP contribution in [0.15, 0.2) is 47.3 Å². The third-order valence-corrected chi connectivity index (χ3v) is 6.00. The first kappa shape index (κ1) is 25.9.